The first kappa shape index (κ1) is 11.8. The summed E-state index contributed by atoms with van der Waals surface area (Å²) in [4.78, 5) is 0. The summed E-state index contributed by atoms with van der Waals surface area (Å²) >= 11 is 0. The average molecular weight is 201 g/mol. The molecule has 0 unspecified atom stereocenters. The second kappa shape index (κ2) is 5.58. The van der Waals surface area contributed by atoms with Crippen molar-refractivity contribution in [3.63, 3.8) is 0 Å². The molecular weight excluding hydrogens is 182 g/mol. The van der Waals surface area contributed by atoms with Crippen LogP contribution >= 0.6 is 0 Å². The van der Waals surface area contributed by atoms with Gasteiger partial charge in [0.2, 0.25) is 0 Å². The maximum Gasteiger partial charge on any atom is 0.0580 e. The lowest BCUT2D eigenvalue weighted by atomic mass is 9.97. The van der Waals surface area contributed by atoms with Gasteiger partial charge in [-0.15, -0.1) is 0 Å². The molecule has 0 saturated carbocycles. The van der Waals surface area contributed by atoms with Gasteiger partial charge in [0.05, 0.1) is 6.54 Å². The van der Waals surface area contributed by atoms with Gasteiger partial charge in [-0.25, -0.2) is 0 Å². The molecule has 0 aromatic heterocycles. The molecule has 1 aromatic rings. The van der Waals surface area contributed by atoms with E-state index in [2.05, 4.69) is 37.9 Å². The highest BCUT2D eigenvalue weighted by Gasteiger charge is 2.07. The molecule has 1 nitrogen and oxygen atoms in total. The first-order chi connectivity index (χ1) is 7.08. The molecule has 0 heterocycles. The van der Waals surface area contributed by atoms with E-state index in [-0.39, 0.29) is 0 Å². The van der Waals surface area contributed by atoms with Crippen LogP contribution in [0.15, 0.2) is 30.3 Å². The van der Waals surface area contributed by atoms with Gasteiger partial charge in [-0.05, 0) is 17.5 Å². The predicted molar refractivity (Wildman–Crippen MR) is 65.6 cm³/mol. The molecule has 0 aliphatic carbocycles. The van der Waals surface area contributed by atoms with Crippen LogP contribution in [-0.2, 0) is 0 Å². The van der Waals surface area contributed by atoms with E-state index in [4.69, 9.17) is 0 Å². The van der Waals surface area contributed by atoms with Crippen molar-refractivity contribution in [2.24, 2.45) is 5.41 Å². The Morgan fingerprint density at radius 2 is 1.80 bits per heavy atom. The van der Waals surface area contributed by atoms with Gasteiger partial charge >= 0.3 is 0 Å². The Kier molecular flexibility index (Phi) is 4.39. The zero-order chi connectivity index (χ0) is 11.1. The molecule has 0 fully saturated rings. The Morgan fingerprint density at radius 3 is 2.40 bits per heavy atom. The van der Waals surface area contributed by atoms with E-state index >= 15 is 0 Å². The number of benzene rings is 1. The Morgan fingerprint density at radius 1 is 1.13 bits per heavy atom. The normalized spacial score (nSPS) is 10.6. The molecule has 0 atom stereocenters. The molecule has 80 valence electrons. The molecular formula is C14H19N. The fourth-order valence-electron chi connectivity index (χ4n) is 1.17. The topological polar surface area (TPSA) is 12.0 Å². The number of rotatable bonds is 2. The lowest BCUT2D eigenvalue weighted by Crippen LogP contribution is -2.26. The molecule has 0 spiro atoms. The monoisotopic (exact) mass is 201 g/mol. The largest absolute Gasteiger partial charge is 0.306 e. The molecule has 1 N–H and O–H groups in total. The smallest absolute Gasteiger partial charge is 0.0580 e. The maximum atomic E-state index is 3.32. The number of hydrogen-bond acceptors (Lipinski definition) is 1. The Bertz CT molecular complexity index is 335. The summed E-state index contributed by atoms with van der Waals surface area (Å²) in [5.74, 6) is 6.23. The fourth-order valence-corrected chi connectivity index (χ4v) is 1.17. The highest BCUT2D eigenvalue weighted by molar-refractivity contribution is 5.33. The molecule has 0 saturated heterocycles. The Labute approximate surface area is 92.9 Å². The molecule has 0 aliphatic rings. The van der Waals surface area contributed by atoms with Crippen LogP contribution in [0.25, 0.3) is 0 Å². The number of nitrogens with one attached hydrogen (secondary N) is 1. The highest BCUT2D eigenvalue weighted by Crippen LogP contribution is 2.09. The van der Waals surface area contributed by atoms with Crippen molar-refractivity contribution in [3.05, 3.63) is 35.9 Å². The molecule has 0 aliphatic heterocycles. The van der Waals surface area contributed by atoms with Crippen LogP contribution in [0.1, 0.15) is 26.3 Å². The second-order valence-corrected chi connectivity index (χ2v) is 4.83. The molecule has 15 heavy (non-hydrogen) atoms. The lowest BCUT2D eigenvalue weighted by molar-refractivity contribution is 0.389. The van der Waals surface area contributed by atoms with Crippen LogP contribution in [0.5, 0.6) is 0 Å². The van der Waals surface area contributed by atoms with Gasteiger partial charge in [-0.2, -0.15) is 0 Å². The summed E-state index contributed by atoms with van der Waals surface area (Å²) in [5, 5.41) is 3.32. The minimum absolute atomic E-state index is 0.328. The molecule has 0 bridgehead atoms. The van der Waals surface area contributed by atoms with Gasteiger partial charge in [0.25, 0.3) is 0 Å². The van der Waals surface area contributed by atoms with Crippen LogP contribution in [0.2, 0.25) is 0 Å². The minimum Gasteiger partial charge on any atom is -0.306 e. The van der Waals surface area contributed by atoms with E-state index in [1.54, 1.807) is 0 Å². The van der Waals surface area contributed by atoms with Crippen LogP contribution in [0.4, 0.5) is 0 Å². The van der Waals surface area contributed by atoms with E-state index in [9.17, 15) is 0 Å². The zero-order valence-electron chi connectivity index (χ0n) is 9.80. The second-order valence-electron chi connectivity index (χ2n) is 4.83. The summed E-state index contributed by atoms with van der Waals surface area (Å²) in [7, 11) is 0. The summed E-state index contributed by atoms with van der Waals surface area (Å²) in [6.45, 7) is 8.39. The van der Waals surface area contributed by atoms with E-state index in [1.807, 2.05) is 30.3 Å². The van der Waals surface area contributed by atoms with E-state index in [1.165, 1.54) is 0 Å². The van der Waals surface area contributed by atoms with E-state index < -0.39 is 0 Å². The summed E-state index contributed by atoms with van der Waals surface area (Å²) in [6, 6.07) is 10.1. The van der Waals surface area contributed by atoms with Crippen molar-refractivity contribution in [2.75, 3.05) is 13.1 Å². The van der Waals surface area contributed by atoms with Gasteiger partial charge in [-0.1, -0.05) is 50.8 Å². The predicted octanol–water partition coefficient (Wildman–Crippen LogP) is 2.67. The van der Waals surface area contributed by atoms with Gasteiger partial charge in [0.1, 0.15) is 0 Å². The van der Waals surface area contributed by atoms with Crippen LogP contribution in [0.3, 0.4) is 0 Å². The van der Waals surface area contributed by atoms with Crippen molar-refractivity contribution in [1.29, 1.82) is 0 Å². The van der Waals surface area contributed by atoms with Crippen LogP contribution < -0.4 is 5.32 Å². The van der Waals surface area contributed by atoms with Gasteiger partial charge in [-0.3, -0.25) is 0 Å². The van der Waals surface area contributed by atoms with Gasteiger partial charge in [0.15, 0.2) is 0 Å². The van der Waals surface area contributed by atoms with Gasteiger partial charge < -0.3 is 5.32 Å². The molecule has 0 radical (unpaired) electrons. The van der Waals surface area contributed by atoms with Gasteiger partial charge in [0, 0.05) is 12.1 Å². The zero-order valence-corrected chi connectivity index (χ0v) is 9.80. The molecule has 1 aromatic carbocycles. The summed E-state index contributed by atoms with van der Waals surface area (Å²) < 4.78 is 0. The quantitative estimate of drug-likeness (QED) is 0.573. The SMILES string of the molecule is CC(C)(C)CNCC#Cc1ccccc1. The third kappa shape index (κ3) is 5.93. The van der Waals surface area contributed by atoms with E-state index in [0.29, 0.717) is 5.41 Å². The molecule has 1 rings (SSSR count). The summed E-state index contributed by atoms with van der Waals surface area (Å²) in [5.41, 5.74) is 1.41. The van der Waals surface area contributed by atoms with Crippen molar-refractivity contribution in [1.82, 2.24) is 5.32 Å². The lowest BCUT2D eigenvalue weighted by Gasteiger charge is -2.17. The van der Waals surface area contributed by atoms with Crippen molar-refractivity contribution >= 4 is 0 Å². The van der Waals surface area contributed by atoms with Crippen molar-refractivity contribution < 1.29 is 0 Å². The van der Waals surface area contributed by atoms with Crippen molar-refractivity contribution in [2.45, 2.75) is 20.8 Å². The fraction of sp³-hybridized carbons (Fsp3) is 0.429. The van der Waals surface area contributed by atoms with Crippen molar-refractivity contribution in [3.8, 4) is 11.8 Å². The van der Waals surface area contributed by atoms with Crippen LogP contribution in [0, 0.1) is 17.3 Å². The first-order valence-corrected chi connectivity index (χ1v) is 5.32. The minimum atomic E-state index is 0.328. The highest BCUT2D eigenvalue weighted by atomic mass is 14.9. The third-order valence-corrected chi connectivity index (χ3v) is 1.88. The third-order valence-electron chi connectivity index (χ3n) is 1.88. The average Bonchev–Trinajstić information content (AvgIpc) is 2.17. The molecule has 0 amide bonds. The standard InChI is InChI=1S/C14H19N/c1-14(2,3)12-15-11-7-10-13-8-5-4-6-9-13/h4-6,8-9,15H,11-12H2,1-3H3. The summed E-state index contributed by atoms with van der Waals surface area (Å²) in [6.07, 6.45) is 0. The first-order valence-electron chi connectivity index (χ1n) is 5.32. The Balaban J connectivity index is 2.30. The maximum absolute atomic E-state index is 3.32. The number of hydrogen-bond donors (Lipinski definition) is 1. The van der Waals surface area contributed by atoms with E-state index in [0.717, 1.165) is 18.7 Å². The van der Waals surface area contributed by atoms with Crippen LogP contribution in [-0.4, -0.2) is 13.1 Å². The Hall–Kier alpha value is -1.26. The molecule has 1 heteroatoms.